The smallest absolute Gasteiger partial charge is 0.247 e. The number of likely N-dealkylation sites (N-methyl/N-ethyl adjacent to an activating group) is 1. The van der Waals surface area contributed by atoms with Crippen molar-refractivity contribution in [2.24, 2.45) is 0 Å². The highest BCUT2D eigenvalue weighted by atomic mass is 15.4. The lowest BCUT2D eigenvalue weighted by Crippen LogP contribution is -2.46. The molecule has 1 saturated heterocycles. The summed E-state index contributed by atoms with van der Waals surface area (Å²) in [6.45, 7) is 7.48. The molecule has 0 atom stereocenters. The Hall–Kier alpha value is -1.43. The molecule has 122 valence electrons. The van der Waals surface area contributed by atoms with Crippen molar-refractivity contribution in [3.8, 4) is 0 Å². The molecule has 2 aliphatic rings. The van der Waals surface area contributed by atoms with Crippen LogP contribution in [0.15, 0.2) is 6.20 Å². The Kier molecular flexibility index (Phi) is 5.43. The average Bonchev–Trinajstić information content (AvgIpc) is 2.84. The van der Waals surface area contributed by atoms with Crippen LogP contribution in [0.5, 0.6) is 0 Å². The monoisotopic (exact) mass is 304 g/mol. The maximum Gasteiger partial charge on any atom is 0.247 e. The summed E-state index contributed by atoms with van der Waals surface area (Å²) in [5.74, 6) is 1.66. The molecule has 0 amide bonds. The van der Waals surface area contributed by atoms with Crippen LogP contribution in [-0.2, 0) is 0 Å². The Bertz CT molecular complexity index is 450. The lowest BCUT2D eigenvalue weighted by molar-refractivity contribution is 0.269. The van der Waals surface area contributed by atoms with Crippen LogP contribution in [0.2, 0.25) is 0 Å². The van der Waals surface area contributed by atoms with E-state index < -0.39 is 0 Å². The van der Waals surface area contributed by atoms with Gasteiger partial charge in [0, 0.05) is 32.2 Å². The molecule has 1 N–H and O–H groups in total. The zero-order valence-electron chi connectivity index (χ0n) is 13.7. The number of rotatable bonds is 4. The Morgan fingerprint density at radius 1 is 1.09 bits per heavy atom. The molecule has 0 aromatic carbocycles. The molecule has 1 aliphatic carbocycles. The van der Waals surface area contributed by atoms with Gasteiger partial charge in [0.25, 0.3) is 0 Å². The van der Waals surface area contributed by atoms with Crippen LogP contribution < -0.4 is 10.2 Å². The minimum Gasteiger partial charge on any atom is -0.366 e. The van der Waals surface area contributed by atoms with Gasteiger partial charge >= 0.3 is 0 Å². The second-order valence-electron chi connectivity index (χ2n) is 6.40. The van der Waals surface area contributed by atoms with E-state index in [1.165, 1.54) is 38.5 Å². The molecule has 0 bridgehead atoms. The predicted molar refractivity (Wildman–Crippen MR) is 89.3 cm³/mol. The van der Waals surface area contributed by atoms with E-state index in [2.05, 4.69) is 32.2 Å². The highest BCUT2D eigenvalue weighted by Gasteiger charge is 2.19. The summed E-state index contributed by atoms with van der Waals surface area (Å²) in [5.41, 5.74) is 0. The third-order valence-corrected chi connectivity index (χ3v) is 4.86. The molecule has 1 saturated carbocycles. The van der Waals surface area contributed by atoms with Crippen molar-refractivity contribution in [1.82, 2.24) is 20.1 Å². The fourth-order valence-corrected chi connectivity index (χ4v) is 3.39. The van der Waals surface area contributed by atoms with E-state index in [4.69, 9.17) is 4.98 Å². The summed E-state index contributed by atoms with van der Waals surface area (Å²) in [7, 11) is 0. The van der Waals surface area contributed by atoms with Crippen LogP contribution in [0, 0.1) is 0 Å². The molecule has 0 spiro atoms. The van der Waals surface area contributed by atoms with Crippen molar-refractivity contribution in [3.63, 3.8) is 0 Å². The quantitative estimate of drug-likeness (QED) is 0.860. The second-order valence-corrected chi connectivity index (χ2v) is 6.40. The van der Waals surface area contributed by atoms with Crippen molar-refractivity contribution in [2.75, 3.05) is 42.9 Å². The van der Waals surface area contributed by atoms with Crippen LogP contribution >= 0.6 is 0 Å². The summed E-state index contributed by atoms with van der Waals surface area (Å²) < 4.78 is 0. The largest absolute Gasteiger partial charge is 0.366 e. The number of nitrogens with zero attached hydrogens (tertiary/aromatic N) is 5. The first-order valence-corrected chi connectivity index (χ1v) is 8.78. The van der Waals surface area contributed by atoms with Crippen LogP contribution in [0.25, 0.3) is 0 Å². The summed E-state index contributed by atoms with van der Waals surface area (Å²) in [5, 5.41) is 12.0. The van der Waals surface area contributed by atoms with Gasteiger partial charge < -0.3 is 15.1 Å². The first-order valence-electron chi connectivity index (χ1n) is 8.78. The summed E-state index contributed by atoms with van der Waals surface area (Å²) in [6, 6.07) is 0.545. The van der Waals surface area contributed by atoms with Crippen molar-refractivity contribution in [3.05, 3.63) is 6.20 Å². The minimum absolute atomic E-state index is 0.545. The highest BCUT2D eigenvalue weighted by molar-refractivity contribution is 5.40. The van der Waals surface area contributed by atoms with Crippen LogP contribution in [0.3, 0.4) is 0 Å². The summed E-state index contributed by atoms with van der Waals surface area (Å²) >= 11 is 0. The highest BCUT2D eigenvalue weighted by Crippen LogP contribution is 2.21. The van der Waals surface area contributed by atoms with Gasteiger partial charge in [-0.2, -0.15) is 10.1 Å². The molecule has 2 heterocycles. The van der Waals surface area contributed by atoms with Gasteiger partial charge in [-0.05, 0) is 19.4 Å². The van der Waals surface area contributed by atoms with Gasteiger partial charge in [0.05, 0.1) is 6.20 Å². The topological polar surface area (TPSA) is 57.2 Å². The number of hydrogen-bond acceptors (Lipinski definition) is 6. The van der Waals surface area contributed by atoms with Gasteiger partial charge in [0.1, 0.15) is 0 Å². The minimum atomic E-state index is 0.545. The molecule has 6 nitrogen and oxygen atoms in total. The Morgan fingerprint density at radius 3 is 2.50 bits per heavy atom. The number of aromatic nitrogens is 3. The van der Waals surface area contributed by atoms with E-state index in [0.717, 1.165) is 44.5 Å². The zero-order chi connectivity index (χ0) is 15.2. The van der Waals surface area contributed by atoms with Crippen molar-refractivity contribution in [1.29, 1.82) is 0 Å². The first-order chi connectivity index (χ1) is 10.8. The first kappa shape index (κ1) is 15.5. The average molecular weight is 304 g/mol. The number of nitrogens with one attached hydrogen (secondary N) is 1. The number of hydrogen-bond donors (Lipinski definition) is 1. The van der Waals surface area contributed by atoms with Gasteiger partial charge in [-0.25, -0.2) is 0 Å². The third kappa shape index (κ3) is 4.06. The maximum absolute atomic E-state index is 4.69. The number of anilines is 2. The standard InChI is InChI=1S/C16H28N6/c1-2-21-9-11-22(12-10-21)16-19-15(13-17-20-16)18-14-7-5-3-4-6-8-14/h13-14H,2-12H2,1H3,(H,18,19,20). The molecule has 3 rings (SSSR count). The SMILES string of the molecule is CCN1CCN(c2nncc(NC3CCCCCC3)n2)CC1. The van der Waals surface area contributed by atoms with Gasteiger partial charge in [0.2, 0.25) is 5.95 Å². The normalized spacial score (nSPS) is 21.6. The summed E-state index contributed by atoms with van der Waals surface area (Å²) in [4.78, 5) is 9.40. The molecule has 1 aliphatic heterocycles. The molecule has 1 aromatic rings. The Morgan fingerprint density at radius 2 is 1.82 bits per heavy atom. The third-order valence-electron chi connectivity index (χ3n) is 4.86. The second kappa shape index (κ2) is 7.72. The molecule has 22 heavy (non-hydrogen) atoms. The van der Waals surface area contributed by atoms with Gasteiger partial charge in [-0.3, -0.25) is 0 Å². The van der Waals surface area contributed by atoms with E-state index >= 15 is 0 Å². The van der Waals surface area contributed by atoms with E-state index in [9.17, 15) is 0 Å². The number of piperazine rings is 1. The Labute approximate surface area is 133 Å². The van der Waals surface area contributed by atoms with Crippen molar-refractivity contribution in [2.45, 2.75) is 51.5 Å². The Balaban J connectivity index is 1.60. The van der Waals surface area contributed by atoms with Gasteiger partial charge in [-0.15, -0.1) is 5.10 Å². The molecule has 2 fully saturated rings. The van der Waals surface area contributed by atoms with E-state index in [-0.39, 0.29) is 0 Å². The van der Waals surface area contributed by atoms with E-state index in [1.807, 2.05) is 0 Å². The van der Waals surface area contributed by atoms with Crippen LogP contribution in [0.4, 0.5) is 11.8 Å². The molecule has 6 heteroatoms. The van der Waals surface area contributed by atoms with Gasteiger partial charge in [0.15, 0.2) is 5.82 Å². The molecule has 0 radical (unpaired) electrons. The van der Waals surface area contributed by atoms with Crippen LogP contribution in [-0.4, -0.2) is 58.8 Å². The fourth-order valence-electron chi connectivity index (χ4n) is 3.39. The van der Waals surface area contributed by atoms with Crippen molar-refractivity contribution >= 4 is 11.8 Å². The molecule has 0 unspecified atom stereocenters. The summed E-state index contributed by atoms with van der Waals surface area (Å²) in [6.07, 6.45) is 9.63. The maximum atomic E-state index is 4.69. The molecular weight excluding hydrogens is 276 g/mol. The van der Waals surface area contributed by atoms with E-state index in [1.54, 1.807) is 6.20 Å². The molecular formula is C16H28N6. The van der Waals surface area contributed by atoms with Crippen molar-refractivity contribution < 1.29 is 0 Å². The lowest BCUT2D eigenvalue weighted by Gasteiger charge is -2.33. The lowest BCUT2D eigenvalue weighted by atomic mass is 10.1. The van der Waals surface area contributed by atoms with Crippen LogP contribution in [0.1, 0.15) is 45.4 Å². The predicted octanol–water partition coefficient (Wildman–Crippen LogP) is 2.15. The van der Waals surface area contributed by atoms with Gasteiger partial charge in [-0.1, -0.05) is 32.6 Å². The fraction of sp³-hybridized carbons (Fsp3) is 0.812. The van der Waals surface area contributed by atoms with E-state index in [0.29, 0.717) is 6.04 Å². The zero-order valence-corrected chi connectivity index (χ0v) is 13.7. The molecule has 1 aromatic heterocycles.